The first-order valence-corrected chi connectivity index (χ1v) is 8.46. The molecule has 2 rings (SSSR count). The van der Waals surface area contributed by atoms with Crippen LogP contribution in [0.15, 0.2) is 54.6 Å². The van der Waals surface area contributed by atoms with Crippen LogP contribution in [0.5, 0.6) is 11.5 Å². The average Bonchev–Trinajstić information content (AvgIpc) is 2.53. The van der Waals surface area contributed by atoms with Gasteiger partial charge in [-0.05, 0) is 57.3 Å². The largest absolute Gasteiger partial charge is 0.491 e. The van der Waals surface area contributed by atoms with Crippen LogP contribution >= 0.6 is 12.2 Å². The molecule has 0 aliphatic rings. The summed E-state index contributed by atoms with van der Waals surface area (Å²) < 4.78 is 11.4. The van der Waals surface area contributed by atoms with Gasteiger partial charge in [0.05, 0.1) is 12.1 Å². The highest BCUT2D eigenvalue weighted by molar-refractivity contribution is 7.80. The molecule has 0 aliphatic carbocycles. The molecule has 0 fully saturated rings. The third-order valence-electron chi connectivity index (χ3n) is 3.08. The van der Waals surface area contributed by atoms with Gasteiger partial charge in [0.2, 0.25) is 0 Å². The summed E-state index contributed by atoms with van der Waals surface area (Å²) >= 11 is 5.36. The van der Waals surface area contributed by atoms with E-state index in [-0.39, 0.29) is 12.1 Å². The van der Waals surface area contributed by atoms with Crippen molar-refractivity contribution in [3.63, 3.8) is 0 Å². The van der Waals surface area contributed by atoms with E-state index in [2.05, 4.69) is 10.6 Å². The Morgan fingerprint density at radius 2 is 1.71 bits per heavy atom. The first-order chi connectivity index (χ1) is 11.5. The Hall–Kier alpha value is -2.27. The molecule has 2 N–H and O–H groups in total. The Labute approximate surface area is 149 Å². The van der Waals surface area contributed by atoms with Crippen molar-refractivity contribution in [2.45, 2.75) is 32.9 Å². The molecule has 0 spiro atoms. The van der Waals surface area contributed by atoms with Gasteiger partial charge < -0.3 is 20.1 Å². The lowest BCUT2D eigenvalue weighted by atomic mass is 10.3. The van der Waals surface area contributed by atoms with E-state index in [0.29, 0.717) is 11.7 Å². The summed E-state index contributed by atoms with van der Waals surface area (Å²) in [6.07, 6.45) is 0.139. The minimum absolute atomic E-state index is 0.0836. The molecule has 0 radical (unpaired) electrons. The van der Waals surface area contributed by atoms with Gasteiger partial charge in [0, 0.05) is 11.8 Å². The molecule has 4 nitrogen and oxygen atoms in total. The van der Waals surface area contributed by atoms with Crippen LogP contribution in [0.2, 0.25) is 0 Å². The quantitative estimate of drug-likeness (QED) is 0.736. The second-order valence-electron chi connectivity index (χ2n) is 5.82. The van der Waals surface area contributed by atoms with Crippen LogP contribution in [0.3, 0.4) is 0 Å². The van der Waals surface area contributed by atoms with Crippen molar-refractivity contribution in [3.8, 4) is 11.5 Å². The average molecular weight is 344 g/mol. The van der Waals surface area contributed by atoms with Crippen LogP contribution in [-0.2, 0) is 0 Å². The molecule has 0 aliphatic heterocycles. The number of para-hydroxylation sites is 1. The maximum atomic E-state index is 5.71. The van der Waals surface area contributed by atoms with Crippen molar-refractivity contribution in [3.05, 3.63) is 54.6 Å². The number of nitrogens with one attached hydrogen (secondary N) is 2. The normalized spacial score (nSPS) is 11.7. The molecule has 1 atom stereocenters. The van der Waals surface area contributed by atoms with E-state index in [1.54, 1.807) is 0 Å². The minimum Gasteiger partial charge on any atom is -0.491 e. The second-order valence-corrected chi connectivity index (χ2v) is 6.23. The Morgan fingerprint density at radius 3 is 2.42 bits per heavy atom. The predicted octanol–water partition coefficient (Wildman–Crippen LogP) is 4.23. The van der Waals surface area contributed by atoms with Gasteiger partial charge in [-0.3, -0.25) is 0 Å². The number of hydrogen-bond donors (Lipinski definition) is 2. The highest BCUT2D eigenvalue weighted by Crippen LogP contribution is 2.18. The molecule has 0 unspecified atom stereocenters. The lowest BCUT2D eigenvalue weighted by molar-refractivity contribution is 0.242. The minimum atomic E-state index is 0.0836. The van der Waals surface area contributed by atoms with Crippen molar-refractivity contribution in [1.82, 2.24) is 5.32 Å². The lowest BCUT2D eigenvalue weighted by Gasteiger charge is -2.18. The molecule has 0 saturated heterocycles. The number of anilines is 1. The highest BCUT2D eigenvalue weighted by atomic mass is 32.1. The van der Waals surface area contributed by atoms with Gasteiger partial charge in [-0.2, -0.15) is 0 Å². The van der Waals surface area contributed by atoms with E-state index in [1.807, 2.05) is 75.4 Å². The molecule has 0 saturated carbocycles. The first kappa shape index (κ1) is 18.1. The molecule has 0 aromatic heterocycles. The molecule has 2 aromatic carbocycles. The summed E-state index contributed by atoms with van der Waals surface area (Å²) in [4.78, 5) is 0. The fraction of sp³-hybridized carbons (Fsp3) is 0.316. The number of benzene rings is 2. The third-order valence-corrected chi connectivity index (χ3v) is 3.30. The zero-order chi connectivity index (χ0) is 17.4. The zero-order valence-electron chi connectivity index (χ0n) is 14.3. The highest BCUT2D eigenvalue weighted by Gasteiger charge is 2.06. The van der Waals surface area contributed by atoms with Gasteiger partial charge in [0.1, 0.15) is 18.1 Å². The molecular weight excluding hydrogens is 320 g/mol. The van der Waals surface area contributed by atoms with E-state index in [4.69, 9.17) is 21.7 Å². The number of hydrogen-bond acceptors (Lipinski definition) is 3. The Balaban J connectivity index is 1.80. The Morgan fingerprint density at radius 1 is 1.00 bits per heavy atom. The zero-order valence-corrected chi connectivity index (χ0v) is 15.1. The number of rotatable bonds is 7. The van der Waals surface area contributed by atoms with Crippen molar-refractivity contribution >= 4 is 23.0 Å². The van der Waals surface area contributed by atoms with Crippen LogP contribution < -0.4 is 20.1 Å². The van der Waals surface area contributed by atoms with E-state index in [9.17, 15) is 0 Å². The monoisotopic (exact) mass is 344 g/mol. The van der Waals surface area contributed by atoms with Crippen LogP contribution in [0.25, 0.3) is 0 Å². The molecule has 5 heteroatoms. The SMILES string of the molecule is CC(C)Oc1cccc(NC(=S)N[C@@H](C)COc2ccccc2)c1. The van der Waals surface area contributed by atoms with Gasteiger partial charge in [0.15, 0.2) is 5.11 Å². The molecule has 0 amide bonds. The first-order valence-electron chi connectivity index (χ1n) is 8.05. The van der Waals surface area contributed by atoms with Gasteiger partial charge in [-0.1, -0.05) is 24.3 Å². The Kier molecular flexibility index (Phi) is 6.88. The fourth-order valence-electron chi connectivity index (χ4n) is 2.09. The van der Waals surface area contributed by atoms with Gasteiger partial charge >= 0.3 is 0 Å². The topological polar surface area (TPSA) is 42.5 Å². The van der Waals surface area contributed by atoms with Gasteiger partial charge in [-0.15, -0.1) is 0 Å². The molecule has 0 bridgehead atoms. The maximum Gasteiger partial charge on any atom is 0.171 e. The van der Waals surface area contributed by atoms with Crippen LogP contribution in [0.1, 0.15) is 20.8 Å². The van der Waals surface area contributed by atoms with Crippen molar-refractivity contribution in [1.29, 1.82) is 0 Å². The summed E-state index contributed by atoms with van der Waals surface area (Å²) in [6.45, 7) is 6.55. The van der Waals surface area contributed by atoms with E-state index in [0.717, 1.165) is 17.2 Å². The van der Waals surface area contributed by atoms with Crippen molar-refractivity contribution in [2.75, 3.05) is 11.9 Å². The second kappa shape index (κ2) is 9.13. The molecule has 128 valence electrons. The van der Waals surface area contributed by atoms with Crippen LogP contribution in [-0.4, -0.2) is 23.9 Å². The van der Waals surface area contributed by atoms with E-state index >= 15 is 0 Å². The molecule has 24 heavy (non-hydrogen) atoms. The summed E-state index contributed by atoms with van der Waals surface area (Å²) in [6, 6.07) is 17.6. The number of ether oxygens (including phenoxy) is 2. The summed E-state index contributed by atoms with van der Waals surface area (Å²) in [5.74, 6) is 1.67. The van der Waals surface area contributed by atoms with Crippen molar-refractivity contribution in [2.24, 2.45) is 0 Å². The van der Waals surface area contributed by atoms with Crippen LogP contribution in [0.4, 0.5) is 5.69 Å². The molecule has 0 heterocycles. The van der Waals surface area contributed by atoms with E-state index in [1.165, 1.54) is 0 Å². The van der Waals surface area contributed by atoms with Gasteiger partial charge in [-0.25, -0.2) is 0 Å². The standard InChI is InChI=1S/C19H24N2O2S/c1-14(2)23-18-11-7-8-16(12-18)21-19(24)20-15(3)13-22-17-9-5-4-6-10-17/h4-12,14-15H,13H2,1-3H3,(H2,20,21,24)/t15-/m0/s1. The van der Waals surface area contributed by atoms with Crippen LogP contribution in [0, 0.1) is 0 Å². The fourth-order valence-corrected chi connectivity index (χ4v) is 2.41. The predicted molar refractivity (Wildman–Crippen MR) is 103 cm³/mol. The van der Waals surface area contributed by atoms with Gasteiger partial charge in [0.25, 0.3) is 0 Å². The van der Waals surface area contributed by atoms with E-state index < -0.39 is 0 Å². The summed E-state index contributed by atoms with van der Waals surface area (Å²) in [5.41, 5.74) is 0.891. The molecular formula is C19H24N2O2S. The maximum absolute atomic E-state index is 5.71. The number of thiocarbonyl (C=S) groups is 1. The summed E-state index contributed by atoms with van der Waals surface area (Å²) in [7, 11) is 0. The van der Waals surface area contributed by atoms with Crippen molar-refractivity contribution < 1.29 is 9.47 Å². The lowest BCUT2D eigenvalue weighted by Crippen LogP contribution is -2.39. The third kappa shape index (κ3) is 6.46. The summed E-state index contributed by atoms with van der Waals surface area (Å²) in [5, 5.41) is 6.94. The molecule has 2 aromatic rings. The Bertz CT molecular complexity index is 647. The smallest absolute Gasteiger partial charge is 0.171 e.